The van der Waals surface area contributed by atoms with Crippen LogP contribution >= 0.6 is 11.8 Å². The predicted octanol–water partition coefficient (Wildman–Crippen LogP) is 5.48. The molecule has 172 valence electrons. The van der Waals surface area contributed by atoms with Gasteiger partial charge in [0.05, 0.1) is 11.4 Å². The molecule has 0 aliphatic heterocycles. The van der Waals surface area contributed by atoms with Gasteiger partial charge in [0.15, 0.2) is 5.76 Å². The van der Waals surface area contributed by atoms with E-state index in [1.165, 1.54) is 17.3 Å². The van der Waals surface area contributed by atoms with Crippen LogP contribution in [0.2, 0.25) is 0 Å². The lowest BCUT2D eigenvalue weighted by Crippen LogP contribution is -2.20. The Kier molecular flexibility index (Phi) is 8.57. The Hall–Kier alpha value is -2.72. The molecule has 0 N–H and O–H groups in total. The van der Waals surface area contributed by atoms with Gasteiger partial charge in [-0.15, -0.1) is 0 Å². The molecule has 0 saturated carbocycles. The minimum Gasteiger partial charge on any atom is -0.451 e. The summed E-state index contributed by atoms with van der Waals surface area (Å²) >= 11 is 1.38. The first kappa shape index (κ1) is 25.5. The first-order valence-electron chi connectivity index (χ1n) is 10.7. The van der Waals surface area contributed by atoms with Crippen molar-refractivity contribution in [2.45, 2.75) is 66.7 Å². The molecule has 0 aliphatic rings. The zero-order valence-corrected chi connectivity index (χ0v) is 21.1. The van der Waals surface area contributed by atoms with Gasteiger partial charge in [-0.2, -0.15) is 22.1 Å². The van der Waals surface area contributed by atoms with Crippen molar-refractivity contribution in [3.63, 3.8) is 0 Å². The maximum absolute atomic E-state index is 12.0. The summed E-state index contributed by atoms with van der Waals surface area (Å²) in [5.74, 6) is 0.228. The van der Waals surface area contributed by atoms with Gasteiger partial charge in [-0.1, -0.05) is 45.0 Å². The number of carbonyl (C=O) groups excluding carboxylic acids is 1. The smallest absolute Gasteiger partial charge is 0.318 e. The highest BCUT2D eigenvalue weighted by molar-refractivity contribution is 7.99. The van der Waals surface area contributed by atoms with E-state index >= 15 is 0 Å². The normalized spacial score (nSPS) is 13.2. The van der Waals surface area contributed by atoms with Crippen LogP contribution in [0.3, 0.4) is 0 Å². The fraction of sp³-hybridized carbons (Fsp3) is 0.480. The lowest BCUT2D eigenvalue weighted by atomic mass is 9.86. The van der Waals surface area contributed by atoms with Crippen LogP contribution in [-0.2, 0) is 26.2 Å². The molecule has 0 aliphatic carbocycles. The second-order valence-electron chi connectivity index (χ2n) is 8.63. The van der Waals surface area contributed by atoms with E-state index in [0.29, 0.717) is 23.6 Å². The molecule has 6 nitrogen and oxygen atoms in total. The average molecular weight is 456 g/mol. The predicted molar refractivity (Wildman–Crippen MR) is 130 cm³/mol. The van der Waals surface area contributed by atoms with E-state index in [1.807, 2.05) is 56.0 Å². The number of rotatable bonds is 8. The molecular formula is C25H33N3O3S. The standard InChI is InChI=1S/C25H33N3O3S/c1-9-28-23(16(2)17(3)27-28)24(31-18(4)30-22(29)15-32-8)21(14-26)19-10-12-20(13-11-19)25(5,6)7/h10-13,18H,9,15H2,1-8H3/b24-21-. The molecule has 2 aromatic rings. The summed E-state index contributed by atoms with van der Waals surface area (Å²) in [6.45, 7) is 14.6. The van der Waals surface area contributed by atoms with Crippen molar-refractivity contribution in [2.75, 3.05) is 12.0 Å². The van der Waals surface area contributed by atoms with Crippen molar-refractivity contribution in [1.82, 2.24) is 9.78 Å². The molecule has 2 rings (SSSR count). The number of hydrogen-bond donors (Lipinski definition) is 0. The number of carbonyl (C=O) groups is 1. The van der Waals surface area contributed by atoms with Crippen molar-refractivity contribution in [2.24, 2.45) is 0 Å². The van der Waals surface area contributed by atoms with Gasteiger partial charge in [-0.05, 0) is 43.6 Å². The van der Waals surface area contributed by atoms with Crippen LogP contribution in [-0.4, -0.2) is 34.0 Å². The summed E-state index contributed by atoms with van der Waals surface area (Å²) in [6, 6.07) is 10.2. The van der Waals surface area contributed by atoms with Gasteiger partial charge in [0.25, 0.3) is 0 Å². The molecule has 0 radical (unpaired) electrons. The summed E-state index contributed by atoms with van der Waals surface area (Å²) in [7, 11) is 0. The van der Waals surface area contributed by atoms with Crippen molar-refractivity contribution in [3.05, 3.63) is 52.3 Å². The number of aryl methyl sites for hydroxylation is 2. The molecule has 0 saturated heterocycles. The molecule has 0 spiro atoms. The summed E-state index contributed by atoms with van der Waals surface area (Å²) in [5, 5.41) is 14.7. The maximum Gasteiger partial charge on any atom is 0.318 e. The average Bonchev–Trinajstić information content (AvgIpc) is 3.01. The molecular weight excluding hydrogens is 422 g/mol. The zero-order valence-electron chi connectivity index (χ0n) is 20.3. The maximum atomic E-state index is 12.0. The molecule has 32 heavy (non-hydrogen) atoms. The van der Waals surface area contributed by atoms with Crippen molar-refractivity contribution in [1.29, 1.82) is 5.26 Å². The Bertz CT molecular complexity index is 1020. The lowest BCUT2D eigenvalue weighted by molar-refractivity contribution is -0.160. The SMILES string of the molecule is CCn1nc(C)c(C)c1/C(OC(C)OC(=O)CSC)=C(\C#N)c1ccc(C(C)(C)C)cc1. The number of aromatic nitrogens is 2. The van der Waals surface area contributed by atoms with Gasteiger partial charge in [0.1, 0.15) is 17.3 Å². The van der Waals surface area contributed by atoms with Crippen LogP contribution in [0.4, 0.5) is 0 Å². The van der Waals surface area contributed by atoms with Crippen LogP contribution in [0.25, 0.3) is 11.3 Å². The Labute approximate surface area is 195 Å². The third kappa shape index (κ3) is 5.95. The highest BCUT2D eigenvalue weighted by atomic mass is 32.2. The quantitative estimate of drug-likeness (QED) is 0.227. The first-order chi connectivity index (χ1) is 15.0. The second kappa shape index (κ2) is 10.7. The van der Waals surface area contributed by atoms with Gasteiger partial charge in [-0.25, -0.2) is 0 Å². The van der Waals surface area contributed by atoms with Gasteiger partial charge in [0.2, 0.25) is 6.29 Å². The number of allylic oxidation sites excluding steroid dienone is 1. The number of nitriles is 1. The number of nitrogens with zero attached hydrogens (tertiary/aromatic N) is 3. The van der Waals surface area contributed by atoms with E-state index in [2.05, 4.69) is 31.9 Å². The van der Waals surface area contributed by atoms with Crippen molar-refractivity contribution >= 4 is 29.1 Å². The number of esters is 1. The summed E-state index contributed by atoms with van der Waals surface area (Å²) in [5.41, 5.74) is 4.78. The van der Waals surface area contributed by atoms with Gasteiger partial charge >= 0.3 is 5.97 Å². The van der Waals surface area contributed by atoms with E-state index < -0.39 is 6.29 Å². The molecule has 1 unspecified atom stereocenters. The van der Waals surface area contributed by atoms with Crippen LogP contribution in [0.1, 0.15) is 62.7 Å². The van der Waals surface area contributed by atoms with Crippen LogP contribution < -0.4 is 0 Å². The molecule has 0 bridgehead atoms. The molecule has 0 amide bonds. The second-order valence-corrected chi connectivity index (χ2v) is 9.49. The van der Waals surface area contributed by atoms with Gasteiger partial charge < -0.3 is 9.47 Å². The minimum absolute atomic E-state index is 0.00289. The fourth-order valence-electron chi connectivity index (χ4n) is 3.33. The Morgan fingerprint density at radius 2 is 1.84 bits per heavy atom. The van der Waals surface area contributed by atoms with E-state index in [4.69, 9.17) is 9.47 Å². The largest absolute Gasteiger partial charge is 0.451 e. The Morgan fingerprint density at radius 1 is 1.22 bits per heavy atom. The Morgan fingerprint density at radius 3 is 2.34 bits per heavy atom. The van der Waals surface area contributed by atoms with Crippen molar-refractivity contribution in [3.8, 4) is 6.07 Å². The molecule has 1 aromatic heterocycles. The first-order valence-corrected chi connectivity index (χ1v) is 12.1. The van der Waals surface area contributed by atoms with E-state index in [0.717, 1.165) is 16.8 Å². The molecule has 1 aromatic carbocycles. The zero-order chi connectivity index (χ0) is 24.1. The monoisotopic (exact) mass is 455 g/mol. The number of benzene rings is 1. The van der Waals surface area contributed by atoms with Crippen LogP contribution in [0.15, 0.2) is 24.3 Å². The molecule has 7 heteroatoms. The Balaban J connectivity index is 2.64. The van der Waals surface area contributed by atoms with Crippen molar-refractivity contribution < 1.29 is 14.3 Å². The summed E-state index contributed by atoms with van der Waals surface area (Å²) in [4.78, 5) is 12.0. The van der Waals surface area contributed by atoms with E-state index in [9.17, 15) is 10.1 Å². The third-order valence-corrected chi connectivity index (χ3v) is 5.69. The number of hydrogen-bond acceptors (Lipinski definition) is 6. The highest BCUT2D eigenvalue weighted by Gasteiger charge is 2.25. The fourth-order valence-corrected chi connectivity index (χ4v) is 3.63. The summed E-state index contributed by atoms with van der Waals surface area (Å²) in [6.07, 6.45) is 0.973. The van der Waals surface area contributed by atoms with Gasteiger partial charge in [-0.3, -0.25) is 9.48 Å². The topological polar surface area (TPSA) is 77.1 Å². The summed E-state index contributed by atoms with van der Waals surface area (Å²) < 4.78 is 13.4. The number of thioether (sulfide) groups is 1. The van der Waals surface area contributed by atoms with E-state index in [-0.39, 0.29) is 17.1 Å². The van der Waals surface area contributed by atoms with Crippen LogP contribution in [0.5, 0.6) is 0 Å². The number of ether oxygens (including phenoxy) is 2. The molecule has 1 atom stereocenters. The minimum atomic E-state index is -0.859. The van der Waals surface area contributed by atoms with Gasteiger partial charge in [0, 0.05) is 19.0 Å². The molecule has 0 fully saturated rings. The lowest BCUT2D eigenvalue weighted by Gasteiger charge is -2.21. The van der Waals surface area contributed by atoms with Crippen LogP contribution in [0, 0.1) is 25.2 Å². The third-order valence-electron chi connectivity index (χ3n) is 5.16. The molecule has 1 heterocycles. The van der Waals surface area contributed by atoms with E-state index in [1.54, 1.807) is 6.92 Å². The highest BCUT2D eigenvalue weighted by Crippen LogP contribution is 2.33.